The molecular formula is C30H31BBr2F2N6O2. The smallest absolute Gasteiger partial charge is 0.399 e. The lowest BCUT2D eigenvalue weighted by molar-refractivity contribution is 0.00578. The van der Waals surface area contributed by atoms with E-state index in [9.17, 15) is 8.78 Å². The summed E-state index contributed by atoms with van der Waals surface area (Å²) in [6.45, 7) is 8.04. The van der Waals surface area contributed by atoms with E-state index in [2.05, 4.69) is 53.2 Å². The van der Waals surface area contributed by atoms with E-state index in [1.807, 2.05) is 76.0 Å². The van der Waals surface area contributed by atoms with Crippen LogP contribution in [-0.4, -0.2) is 47.7 Å². The minimum Gasteiger partial charge on any atom is -0.399 e. The predicted molar refractivity (Wildman–Crippen MR) is 173 cm³/mol. The van der Waals surface area contributed by atoms with E-state index in [4.69, 9.17) is 9.31 Å². The quantitative estimate of drug-likeness (QED) is 0.175. The first-order valence-electron chi connectivity index (χ1n) is 13.5. The van der Waals surface area contributed by atoms with E-state index in [0.717, 1.165) is 31.0 Å². The molecule has 0 aliphatic carbocycles. The molecular weight excluding hydrogens is 685 g/mol. The molecule has 1 fully saturated rings. The van der Waals surface area contributed by atoms with Crippen LogP contribution in [0.5, 0.6) is 0 Å². The highest BCUT2D eigenvalue weighted by atomic mass is 79.9. The van der Waals surface area contributed by atoms with Crippen LogP contribution in [0.25, 0.3) is 32.7 Å². The summed E-state index contributed by atoms with van der Waals surface area (Å²) in [6, 6.07) is 16.9. The van der Waals surface area contributed by atoms with Crippen molar-refractivity contribution < 1.29 is 18.1 Å². The van der Waals surface area contributed by atoms with Crippen molar-refractivity contribution in [3.8, 4) is 0 Å². The number of hydrogen-bond donors (Lipinski definition) is 0. The standard InChI is InChI=1S/C14H18BFN2O2.C8H6BrFN2.C8H7BrN2/c1-13(2)14(3,4)20-15(19-13)9-6-7-10-11(8-9)18(5)17-12(10)16;1-12-7-4-5(9)2-3-6(7)8(10)11-12;1-11-8-4-7(9)3-2-6(8)5-10-11/h6-8H,1-5H3;2-4H,1H3;2-5H,1H3. The second kappa shape index (κ2) is 11.8. The molecule has 0 bridgehead atoms. The summed E-state index contributed by atoms with van der Waals surface area (Å²) in [4.78, 5) is 0. The number of benzene rings is 3. The second-order valence-electron chi connectivity index (χ2n) is 11.3. The van der Waals surface area contributed by atoms with Crippen LogP contribution in [-0.2, 0) is 30.5 Å². The van der Waals surface area contributed by atoms with Gasteiger partial charge in [-0.1, -0.05) is 44.0 Å². The van der Waals surface area contributed by atoms with E-state index in [-0.39, 0.29) is 11.2 Å². The molecule has 1 saturated heterocycles. The van der Waals surface area contributed by atoms with E-state index in [1.165, 1.54) is 14.7 Å². The molecule has 8 nitrogen and oxygen atoms in total. The highest BCUT2D eigenvalue weighted by Gasteiger charge is 2.51. The number of aromatic nitrogens is 6. The van der Waals surface area contributed by atoms with Gasteiger partial charge >= 0.3 is 7.12 Å². The first-order chi connectivity index (χ1) is 20.2. The zero-order valence-corrected chi connectivity index (χ0v) is 28.0. The number of fused-ring (bicyclic) bond motifs is 3. The van der Waals surface area contributed by atoms with Crippen molar-refractivity contribution in [1.29, 1.82) is 0 Å². The van der Waals surface area contributed by atoms with Gasteiger partial charge in [0.15, 0.2) is 0 Å². The van der Waals surface area contributed by atoms with Gasteiger partial charge in [-0.15, -0.1) is 10.2 Å². The first-order valence-corrected chi connectivity index (χ1v) is 15.1. The van der Waals surface area contributed by atoms with Crippen molar-refractivity contribution in [2.24, 2.45) is 21.1 Å². The minimum absolute atomic E-state index is 0.385. The Morgan fingerprint density at radius 3 is 1.74 bits per heavy atom. The van der Waals surface area contributed by atoms with Gasteiger partial charge < -0.3 is 9.31 Å². The number of halogens is 4. The lowest BCUT2D eigenvalue weighted by Crippen LogP contribution is -2.41. The normalized spacial score (nSPS) is 15.5. The van der Waals surface area contributed by atoms with Crippen LogP contribution in [0.15, 0.2) is 69.7 Å². The average molecular weight is 716 g/mol. The Kier molecular flexibility index (Phi) is 8.56. The molecule has 3 aromatic carbocycles. The van der Waals surface area contributed by atoms with E-state index < -0.39 is 19.0 Å². The van der Waals surface area contributed by atoms with Crippen LogP contribution < -0.4 is 5.46 Å². The van der Waals surface area contributed by atoms with Crippen molar-refractivity contribution in [2.75, 3.05) is 0 Å². The van der Waals surface area contributed by atoms with Crippen LogP contribution >= 0.6 is 31.9 Å². The van der Waals surface area contributed by atoms with Gasteiger partial charge in [0.1, 0.15) is 0 Å². The molecule has 0 saturated carbocycles. The molecule has 0 atom stereocenters. The van der Waals surface area contributed by atoms with Crippen LogP contribution in [0.1, 0.15) is 27.7 Å². The lowest BCUT2D eigenvalue weighted by atomic mass is 9.79. The molecule has 43 heavy (non-hydrogen) atoms. The molecule has 0 spiro atoms. The topological polar surface area (TPSA) is 71.9 Å². The minimum atomic E-state index is -0.456. The van der Waals surface area contributed by atoms with Gasteiger partial charge in [0.05, 0.1) is 44.7 Å². The summed E-state index contributed by atoms with van der Waals surface area (Å²) < 4.78 is 45.5. The Balaban J connectivity index is 0.000000137. The van der Waals surface area contributed by atoms with E-state index in [1.54, 1.807) is 32.3 Å². The fourth-order valence-electron chi connectivity index (χ4n) is 4.66. The van der Waals surface area contributed by atoms with Gasteiger partial charge in [0.25, 0.3) is 0 Å². The summed E-state index contributed by atoms with van der Waals surface area (Å²) in [7, 11) is 4.94. The largest absolute Gasteiger partial charge is 0.494 e. The zero-order valence-electron chi connectivity index (χ0n) is 24.9. The first kappa shape index (κ1) is 31.3. The van der Waals surface area contributed by atoms with Crippen LogP contribution in [0.3, 0.4) is 0 Å². The van der Waals surface area contributed by atoms with Gasteiger partial charge in [0.2, 0.25) is 11.9 Å². The molecule has 13 heteroatoms. The third-order valence-corrected chi connectivity index (χ3v) is 8.82. The van der Waals surface area contributed by atoms with Crippen LogP contribution in [0, 0.1) is 11.9 Å². The Morgan fingerprint density at radius 2 is 1.16 bits per heavy atom. The van der Waals surface area contributed by atoms with Crippen molar-refractivity contribution >= 4 is 77.1 Å². The maximum absolute atomic E-state index is 13.6. The SMILES string of the molecule is Cn1nc(F)c2ccc(B3OC(C)(C)C(C)(C)O3)cc21.Cn1nc(F)c2ccc(Br)cc21.Cn1ncc2ccc(Br)cc21. The van der Waals surface area contributed by atoms with E-state index in [0.29, 0.717) is 10.8 Å². The predicted octanol–water partition coefficient (Wildman–Crippen LogP) is 6.82. The fraction of sp³-hybridized carbons (Fsp3) is 0.300. The summed E-state index contributed by atoms with van der Waals surface area (Å²) in [5.41, 5.74) is 2.78. The van der Waals surface area contributed by atoms with Crippen LogP contribution in [0.2, 0.25) is 0 Å². The van der Waals surface area contributed by atoms with Gasteiger partial charge in [0, 0.05) is 35.5 Å². The Hall–Kier alpha value is -3.13. The molecule has 6 aromatic rings. The van der Waals surface area contributed by atoms with Crippen molar-refractivity contribution in [2.45, 2.75) is 38.9 Å². The maximum atomic E-state index is 13.6. The molecule has 0 unspecified atom stereocenters. The molecule has 0 N–H and O–H groups in total. The molecule has 1 aliphatic heterocycles. The molecule has 3 aromatic heterocycles. The highest BCUT2D eigenvalue weighted by molar-refractivity contribution is 9.10. The number of hydrogen-bond acceptors (Lipinski definition) is 5. The van der Waals surface area contributed by atoms with Crippen LogP contribution in [0.4, 0.5) is 8.78 Å². The molecule has 7 rings (SSSR count). The highest BCUT2D eigenvalue weighted by Crippen LogP contribution is 2.36. The van der Waals surface area contributed by atoms with Gasteiger partial charge in [-0.2, -0.15) is 13.9 Å². The van der Waals surface area contributed by atoms with Gasteiger partial charge in [-0.25, -0.2) is 0 Å². The zero-order chi connectivity index (χ0) is 31.3. The number of rotatable bonds is 1. The molecule has 0 amide bonds. The second-order valence-corrected chi connectivity index (χ2v) is 13.2. The molecule has 224 valence electrons. The molecule has 0 radical (unpaired) electrons. The monoisotopic (exact) mass is 714 g/mol. The van der Waals surface area contributed by atoms with Crippen molar-refractivity contribution in [1.82, 2.24) is 29.3 Å². The fourth-order valence-corrected chi connectivity index (χ4v) is 5.36. The Labute approximate surface area is 265 Å². The summed E-state index contributed by atoms with van der Waals surface area (Å²) in [6.07, 6.45) is 1.86. The third kappa shape index (κ3) is 6.26. The number of nitrogens with zero attached hydrogens (tertiary/aromatic N) is 6. The molecule has 4 heterocycles. The Bertz CT molecular complexity index is 1940. The van der Waals surface area contributed by atoms with Gasteiger partial charge in [-0.05, 0) is 75.6 Å². The number of aryl methyl sites for hydroxylation is 3. The lowest BCUT2D eigenvalue weighted by Gasteiger charge is -2.32. The summed E-state index contributed by atoms with van der Waals surface area (Å²) >= 11 is 6.72. The summed E-state index contributed by atoms with van der Waals surface area (Å²) in [5.74, 6) is -0.872. The average Bonchev–Trinajstić information content (AvgIpc) is 3.61. The maximum Gasteiger partial charge on any atom is 0.494 e. The molecule has 1 aliphatic rings. The van der Waals surface area contributed by atoms with E-state index >= 15 is 0 Å². The van der Waals surface area contributed by atoms with Gasteiger partial charge in [-0.3, -0.25) is 14.0 Å². The van der Waals surface area contributed by atoms with Crippen molar-refractivity contribution in [3.63, 3.8) is 0 Å². The Morgan fingerprint density at radius 1 is 0.674 bits per heavy atom. The summed E-state index contributed by atoms with van der Waals surface area (Å²) in [5, 5.41) is 13.8. The third-order valence-electron chi connectivity index (χ3n) is 7.84. The van der Waals surface area contributed by atoms with Crippen molar-refractivity contribution in [3.05, 3.63) is 81.6 Å².